The highest BCUT2D eigenvalue weighted by Crippen LogP contribution is 2.34. The summed E-state index contributed by atoms with van der Waals surface area (Å²) in [4.78, 5) is 21.8. The van der Waals surface area contributed by atoms with Crippen LogP contribution in [0.3, 0.4) is 0 Å². The number of anilines is 1. The van der Waals surface area contributed by atoms with Crippen molar-refractivity contribution in [1.29, 1.82) is 0 Å². The normalized spacial score (nSPS) is 16.7. The minimum Gasteiger partial charge on any atom is -0.493 e. The molecule has 1 aromatic carbocycles. The maximum atomic E-state index is 13.8. The average molecular weight is 475 g/mol. The number of ether oxygens (including phenoxy) is 2. The van der Waals surface area contributed by atoms with Crippen molar-refractivity contribution in [1.82, 2.24) is 15.3 Å². The number of carbonyl (C=O) groups is 1. The summed E-state index contributed by atoms with van der Waals surface area (Å²) in [5.41, 5.74) is 0.773. The molecule has 1 aliphatic rings. The van der Waals surface area contributed by atoms with Crippen LogP contribution in [0.4, 0.5) is 10.2 Å². The number of methoxy groups -OCH3 is 1. The van der Waals surface area contributed by atoms with Crippen molar-refractivity contribution < 1.29 is 27.1 Å². The summed E-state index contributed by atoms with van der Waals surface area (Å²) in [6, 6.07) is 7.37. The Balaban J connectivity index is 1.86. The summed E-state index contributed by atoms with van der Waals surface area (Å²) in [7, 11) is -0.978. The van der Waals surface area contributed by atoms with Gasteiger partial charge in [0.1, 0.15) is 17.1 Å². The number of benzene rings is 1. The number of nitrogens with zero attached hydrogens (tertiary/aromatic N) is 3. The lowest BCUT2D eigenvalue weighted by Crippen LogP contribution is -2.31. The van der Waals surface area contributed by atoms with Gasteiger partial charge in [0.25, 0.3) is 5.91 Å². The Bertz CT molecular complexity index is 1320. The fourth-order valence-corrected chi connectivity index (χ4v) is 4.83. The third-order valence-corrected chi connectivity index (χ3v) is 7.17. The monoisotopic (exact) mass is 474 g/mol. The van der Waals surface area contributed by atoms with E-state index in [0.29, 0.717) is 29.3 Å². The number of rotatable bonds is 1. The van der Waals surface area contributed by atoms with Crippen LogP contribution in [0.25, 0.3) is 10.9 Å². The molecule has 1 N–H and O–H groups in total. The van der Waals surface area contributed by atoms with Crippen molar-refractivity contribution in [3.63, 3.8) is 0 Å². The van der Waals surface area contributed by atoms with Gasteiger partial charge in [0.05, 0.1) is 19.5 Å². The van der Waals surface area contributed by atoms with Crippen molar-refractivity contribution in [2.75, 3.05) is 30.8 Å². The second-order valence-electron chi connectivity index (χ2n) is 7.49. The van der Waals surface area contributed by atoms with E-state index in [4.69, 9.17) is 9.47 Å². The summed E-state index contributed by atoms with van der Waals surface area (Å²) in [5, 5.41) is 3.17. The molecule has 0 saturated heterocycles. The SMILES string of the molecule is COc1c2nc(c3cccnc13)N(C)S(=O)(=O)CCCCOc1cc(F)ccc1CNC2=O. The molecule has 9 nitrogen and oxygen atoms in total. The molecule has 0 radical (unpaired) electrons. The minimum absolute atomic E-state index is 0.0447. The molecule has 2 bridgehead atoms. The Labute approximate surface area is 190 Å². The van der Waals surface area contributed by atoms with Crippen LogP contribution in [0.15, 0.2) is 36.5 Å². The first-order chi connectivity index (χ1) is 15.8. The molecule has 0 aliphatic carbocycles. The Morgan fingerprint density at radius 1 is 1.24 bits per heavy atom. The van der Waals surface area contributed by atoms with Gasteiger partial charge in [-0.1, -0.05) is 6.07 Å². The molecule has 0 atom stereocenters. The van der Waals surface area contributed by atoms with Gasteiger partial charge in [-0.25, -0.2) is 17.8 Å². The van der Waals surface area contributed by atoms with Gasteiger partial charge in [0.2, 0.25) is 10.0 Å². The number of nitrogens with one attached hydrogen (secondary N) is 1. The summed E-state index contributed by atoms with van der Waals surface area (Å²) >= 11 is 0. The summed E-state index contributed by atoms with van der Waals surface area (Å²) < 4.78 is 52.0. The Morgan fingerprint density at radius 2 is 2.06 bits per heavy atom. The zero-order valence-electron chi connectivity index (χ0n) is 18.2. The van der Waals surface area contributed by atoms with Crippen LogP contribution in [0, 0.1) is 5.82 Å². The lowest BCUT2D eigenvalue weighted by atomic mass is 10.1. The molecule has 0 unspecified atom stereocenters. The molecule has 1 aliphatic heterocycles. The smallest absolute Gasteiger partial charge is 0.274 e. The Kier molecular flexibility index (Phi) is 6.32. The Hall–Kier alpha value is -3.47. The highest BCUT2D eigenvalue weighted by atomic mass is 32.2. The fraction of sp³-hybridized carbons (Fsp3) is 0.318. The van der Waals surface area contributed by atoms with E-state index >= 15 is 0 Å². The topological polar surface area (TPSA) is 111 Å². The first-order valence-electron chi connectivity index (χ1n) is 10.3. The van der Waals surface area contributed by atoms with Crippen molar-refractivity contribution in [3.8, 4) is 11.5 Å². The molecule has 11 heteroatoms. The van der Waals surface area contributed by atoms with Crippen LogP contribution in [0.5, 0.6) is 11.5 Å². The molecular formula is C22H23FN4O5S. The predicted octanol–water partition coefficient (Wildman–Crippen LogP) is 2.65. The van der Waals surface area contributed by atoms with Gasteiger partial charge < -0.3 is 14.8 Å². The average Bonchev–Trinajstić information content (AvgIpc) is 2.81. The summed E-state index contributed by atoms with van der Waals surface area (Å²) in [5.74, 6) is -0.742. The maximum absolute atomic E-state index is 13.8. The van der Waals surface area contributed by atoms with E-state index in [9.17, 15) is 17.6 Å². The van der Waals surface area contributed by atoms with Gasteiger partial charge in [-0.15, -0.1) is 0 Å². The third-order valence-electron chi connectivity index (χ3n) is 5.35. The number of hydrogen-bond acceptors (Lipinski definition) is 7. The van der Waals surface area contributed by atoms with Crippen LogP contribution in [-0.4, -0.2) is 50.8 Å². The molecule has 0 saturated carbocycles. The first-order valence-corrected chi connectivity index (χ1v) is 11.9. The minimum atomic E-state index is -3.76. The zero-order valence-corrected chi connectivity index (χ0v) is 19.0. The first kappa shape index (κ1) is 22.7. The second-order valence-corrected chi connectivity index (χ2v) is 9.61. The lowest BCUT2D eigenvalue weighted by molar-refractivity contribution is 0.0942. The molecule has 3 heterocycles. The van der Waals surface area contributed by atoms with E-state index in [-0.39, 0.29) is 41.9 Å². The van der Waals surface area contributed by atoms with E-state index in [1.54, 1.807) is 12.1 Å². The number of pyridine rings is 2. The van der Waals surface area contributed by atoms with Crippen LogP contribution < -0.4 is 19.1 Å². The third kappa shape index (κ3) is 4.54. The van der Waals surface area contributed by atoms with Gasteiger partial charge in [0.15, 0.2) is 17.3 Å². The molecular weight excluding hydrogens is 451 g/mol. The van der Waals surface area contributed by atoms with Crippen molar-refractivity contribution >= 4 is 32.7 Å². The van der Waals surface area contributed by atoms with Crippen molar-refractivity contribution in [3.05, 3.63) is 53.6 Å². The number of aromatic nitrogens is 2. The second kappa shape index (κ2) is 9.18. The van der Waals surface area contributed by atoms with E-state index in [0.717, 1.165) is 4.31 Å². The van der Waals surface area contributed by atoms with Crippen molar-refractivity contribution in [2.24, 2.45) is 0 Å². The quantitative estimate of drug-likeness (QED) is 0.577. The van der Waals surface area contributed by atoms with Gasteiger partial charge >= 0.3 is 0 Å². The molecule has 4 rings (SSSR count). The molecule has 3 aromatic rings. The van der Waals surface area contributed by atoms with E-state index < -0.39 is 21.7 Å². The van der Waals surface area contributed by atoms with Crippen LogP contribution in [0.2, 0.25) is 0 Å². The van der Waals surface area contributed by atoms with Gasteiger partial charge in [0, 0.05) is 36.8 Å². The number of carbonyl (C=O) groups excluding carboxylic acids is 1. The van der Waals surface area contributed by atoms with Crippen molar-refractivity contribution in [2.45, 2.75) is 19.4 Å². The predicted molar refractivity (Wildman–Crippen MR) is 121 cm³/mol. The summed E-state index contributed by atoms with van der Waals surface area (Å²) in [6.45, 7) is 0.249. The molecule has 174 valence electrons. The van der Waals surface area contributed by atoms with Gasteiger partial charge in [-0.2, -0.15) is 0 Å². The molecule has 33 heavy (non-hydrogen) atoms. The number of fused-ring (bicyclic) bond motifs is 5. The molecule has 0 fully saturated rings. The summed E-state index contributed by atoms with van der Waals surface area (Å²) in [6.07, 6.45) is 2.29. The standard InChI is InChI=1S/C22H23FN4O5S/c1-27-21-16-6-5-9-24-18(16)20(31-2)19(26-21)22(28)25-13-14-7-8-15(23)12-17(14)32-10-3-4-11-33(27,29)30/h5-9,12H,3-4,10-11,13H2,1-2H3,(H,25,28). The van der Waals surface area contributed by atoms with Crippen LogP contribution in [-0.2, 0) is 16.6 Å². The molecule has 1 amide bonds. The highest BCUT2D eigenvalue weighted by Gasteiger charge is 2.27. The van der Waals surface area contributed by atoms with Crippen LogP contribution >= 0.6 is 0 Å². The van der Waals surface area contributed by atoms with E-state index in [2.05, 4.69) is 15.3 Å². The maximum Gasteiger partial charge on any atom is 0.274 e. The van der Waals surface area contributed by atoms with E-state index in [1.807, 2.05) is 0 Å². The van der Waals surface area contributed by atoms with Crippen LogP contribution in [0.1, 0.15) is 28.9 Å². The number of amides is 1. The highest BCUT2D eigenvalue weighted by molar-refractivity contribution is 7.92. The fourth-order valence-electron chi connectivity index (χ4n) is 3.59. The molecule has 2 aromatic heterocycles. The lowest BCUT2D eigenvalue weighted by Gasteiger charge is -2.22. The van der Waals surface area contributed by atoms with Gasteiger partial charge in [-0.05, 0) is 31.0 Å². The van der Waals surface area contributed by atoms with E-state index in [1.165, 1.54) is 38.6 Å². The molecule has 0 spiro atoms. The number of sulfonamides is 1. The largest absolute Gasteiger partial charge is 0.493 e. The number of hydrogen-bond donors (Lipinski definition) is 1. The van der Waals surface area contributed by atoms with Gasteiger partial charge in [-0.3, -0.25) is 14.1 Å². The zero-order chi connectivity index (χ0) is 23.6. The number of halogens is 1. The Morgan fingerprint density at radius 3 is 2.85 bits per heavy atom.